The second kappa shape index (κ2) is 13.1. The predicted octanol–water partition coefficient (Wildman–Crippen LogP) is 4.43. The van der Waals surface area contributed by atoms with Gasteiger partial charge in [-0.15, -0.1) is 0 Å². The Hall–Kier alpha value is -4.34. The van der Waals surface area contributed by atoms with Gasteiger partial charge in [-0.1, -0.05) is 37.2 Å². The van der Waals surface area contributed by atoms with Crippen LogP contribution in [0.1, 0.15) is 71.1 Å². The first-order valence-electron chi connectivity index (χ1n) is 14.8. The molecule has 222 valence electrons. The average Bonchev–Trinajstić information content (AvgIpc) is 3.65. The molecule has 0 unspecified atom stereocenters. The first-order chi connectivity index (χ1) is 20.3. The standard InChI is InChI=1S/C32H40N6O4/c1-22(2)30-25(21-34-42-30)32(41)35-26-20-24(31(40)33-13-7-15-38-14-6-10-29(38)39)11-12-28(26)37-18-16-36(17-19-37)27-9-5-4-8-23(27)3/h4-5,8-9,11-12,20-22H,6-7,10,13-19H2,1-3H3,(H,33,40)(H,35,41). The lowest BCUT2D eigenvalue weighted by atomic mass is 10.1. The summed E-state index contributed by atoms with van der Waals surface area (Å²) in [4.78, 5) is 44.8. The molecule has 2 aliphatic rings. The average molecular weight is 573 g/mol. The van der Waals surface area contributed by atoms with Crippen molar-refractivity contribution < 1.29 is 18.9 Å². The number of carbonyl (C=O) groups excluding carboxylic acids is 3. The summed E-state index contributed by atoms with van der Waals surface area (Å²) < 4.78 is 5.34. The van der Waals surface area contributed by atoms with Crippen LogP contribution in [0.15, 0.2) is 53.2 Å². The van der Waals surface area contributed by atoms with Gasteiger partial charge in [-0.25, -0.2) is 0 Å². The third-order valence-electron chi connectivity index (χ3n) is 8.01. The highest BCUT2D eigenvalue weighted by Crippen LogP contribution is 2.31. The molecule has 2 aromatic carbocycles. The zero-order valence-corrected chi connectivity index (χ0v) is 24.7. The lowest BCUT2D eigenvalue weighted by Crippen LogP contribution is -2.47. The summed E-state index contributed by atoms with van der Waals surface area (Å²) in [5.41, 5.74) is 4.75. The van der Waals surface area contributed by atoms with E-state index >= 15 is 0 Å². The van der Waals surface area contributed by atoms with Gasteiger partial charge in [0.25, 0.3) is 11.8 Å². The van der Waals surface area contributed by atoms with E-state index in [1.165, 1.54) is 17.4 Å². The number of piperazine rings is 1. The Morgan fingerprint density at radius 2 is 1.71 bits per heavy atom. The van der Waals surface area contributed by atoms with Crippen LogP contribution >= 0.6 is 0 Å². The molecule has 2 aliphatic heterocycles. The molecule has 2 saturated heterocycles. The van der Waals surface area contributed by atoms with Crippen molar-refractivity contribution in [2.75, 3.05) is 60.9 Å². The fourth-order valence-electron chi connectivity index (χ4n) is 5.70. The van der Waals surface area contributed by atoms with Gasteiger partial charge in [0.1, 0.15) is 5.56 Å². The van der Waals surface area contributed by atoms with Gasteiger partial charge in [0.15, 0.2) is 5.76 Å². The molecule has 0 radical (unpaired) electrons. The Morgan fingerprint density at radius 1 is 0.976 bits per heavy atom. The van der Waals surface area contributed by atoms with E-state index in [4.69, 9.17) is 4.52 Å². The van der Waals surface area contributed by atoms with Crippen LogP contribution in [0, 0.1) is 6.92 Å². The Morgan fingerprint density at radius 3 is 2.40 bits per heavy atom. The van der Waals surface area contributed by atoms with E-state index < -0.39 is 0 Å². The summed E-state index contributed by atoms with van der Waals surface area (Å²) in [6, 6.07) is 13.8. The van der Waals surface area contributed by atoms with Crippen molar-refractivity contribution in [3.63, 3.8) is 0 Å². The predicted molar refractivity (Wildman–Crippen MR) is 163 cm³/mol. The topological polar surface area (TPSA) is 111 Å². The van der Waals surface area contributed by atoms with Gasteiger partial charge in [0, 0.05) is 69.4 Å². The molecule has 2 N–H and O–H groups in total. The molecule has 1 aromatic heterocycles. The molecule has 0 bridgehead atoms. The van der Waals surface area contributed by atoms with Crippen LogP contribution in [0.3, 0.4) is 0 Å². The fraction of sp³-hybridized carbons (Fsp3) is 0.438. The van der Waals surface area contributed by atoms with Crippen molar-refractivity contribution in [2.24, 2.45) is 0 Å². The quantitative estimate of drug-likeness (QED) is 0.346. The largest absolute Gasteiger partial charge is 0.368 e. The molecule has 3 aromatic rings. The number of para-hydroxylation sites is 1. The van der Waals surface area contributed by atoms with E-state index in [0.717, 1.165) is 44.8 Å². The van der Waals surface area contributed by atoms with Gasteiger partial charge < -0.3 is 29.9 Å². The second-order valence-corrected chi connectivity index (χ2v) is 11.3. The van der Waals surface area contributed by atoms with E-state index in [9.17, 15) is 14.4 Å². The van der Waals surface area contributed by atoms with Crippen LogP contribution in [0.2, 0.25) is 0 Å². The van der Waals surface area contributed by atoms with E-state index in [1.807, 2.05) is 24.8 Å². The SMILES string of the molecule is Cc1ccccc1N1CCN(c2ccc(C(=O)NCCCN3CCCC3=O)cc2NC(=O)c2cnoc2C(C)C)CC1. The van der Waals surface area contributed by atoms with Crippen LogP contribution in [-0.2, 0) is 4.79 Å². The number of nitrogens with one attached hydrogen (secondary N) is 2. The molecule has 42 heavy (non-hydrogen) atoms. The van der Waals surface area contributed by atoms with Crippen molar-refractivity contribution in [3.05, 3.63) is 71.1 Å². The minimum Gasteiger partial charge on any atom is -0.368 e. The number of anilines is 3. The highest BCUT2D eigenvalue weighted by molar-refractivity contribution is 6.07. The maximum absolute atomic E-state index is 13.4. The van der Waals surface area contributed by atoms with Gasteiger partial charge in [-0.3, -0.25) is 14.4 Å². The molecule has 0 saturated carbocycles. The molecule has 0 atom stereocenters. The Balaban J connectivity index is 1.31. The molecule has 0 aliphatic carbocycles. The van der Waals surface area contributed by atoms with Crippen molar-refractivity contribution in [1.82, 2.24) is 15.4 Å². The van der Waals surface area contributed by atoms with Gasteiger partial charge in [0.2, 0.25) is 5.91 Å². The maximum atomic E-state index is 13.4. The monoisotopic (exact) mass is 572 g/mol. The summed E-state index contributed by atoms with van der Waals surface area (Å²) in [5.74, 6) is 0.154. The van der Waals surface area contributed by atoms with Gasteiger partial charge in [-0.2, -0.15) is 0 Å². The fourth-order valence-corrected chi connectivity index (χ4v) is 5.70. The van der Waals surface area contributed by atoms with Crippen molar-refractivity contribution >= 4 is 34.8 Å². The Kier molecular flexibility index (Phi) is 9.09. The van der Waals surface area contributed by atoms with Gasteiger partial charge in [0.05, 0.1) is 17.6 Å². The number of hydrogen-bond donors (Lipinski definition) is 2. The molecule has 0 spiro atoms. The number of rotatable bonds is 10. The van der Waals surface area contributed by atoms with Crippen LogP contribution in [0.5, 0.6) is 0 Å². The molecule has 3 amide bonds. The lowest BCUT2D eigenvalue weighted by Gasteiger charge is -2.38. The van der Waals surface area contributed by atoms with Crippen molar-refractivity contribution in [1.29, 1.82) is 0 Å². The molecular weight excluding hydrogens is 532 g/mol. The molecule has 5 rings (SSSR count). The smallest absolute Gasteiger partial charge is 0.260 e. The zero-order valence-electron chi connectivity index (χ0n) is 24.7. The van der Waals surface area contributed by atoms with Crippen molar-refractivity contribution in [3.8, 4) is 0 Å². The Bertz CT molecular complexity index is 1430. The van der Waals surface area contributed by atoms with E-state index in [-0.39, 0.29) is 23.6 Å². The summed E-state index contributed by atoms with van der Waals surface area (Å²) >= 11 is 0. The van der Waals surface area contributed by atoms with Crippen LogP contribution in [-0.4, -0.2) is 73.6 Å². The first-order valence-corrected chi connectivity index (χ1v) is 14.8. The Labute approximate surface area is 247 Å². The third kappa shape index (κ3) is 6.58. The number of likely N-dealkylation sites (tertiary alicyclic amines) is 1. The minimum absolute atomic E-state index is 0.00444. The molecule has 3 heterocycles. The van der Waals surface area contributed by atoms with E-state index in [1.54, 1.807) is 12.1 Å². The number of benzene rings is 2. The number of aryl methyl sites for hydroxylation is 1. The van der Waals surface area contributed by atoms with Gasteiger partial charge in [-0.05, 0) is 49.6 Å². The summed E-state index contributed by atoms with van der Waals surface area (Å²) in [6.07, 6.45) is 3.64. The number of carbonyl (C=O) groups is 3. The molecule has 10 heteroatoms. The molecule has 2 fully saturated rings. The normalized spacial score (nSPS) is 15.4. The zero-order chi connectivity index (χ0) is 29.6. The van der Waals surface area contributed by atoms with Crippen molar-refractivity contribution in [2.45, 2.75) is 46.0 Å². The van der Waals surface area contributed by atoms with E-state index in [2.05, 4.69) is 56.8 Å². The summed E-state index contributed by atoms with van der Waals surface area (Å²) in [5, 5.41) is 9.85. The minimum atomic E-state index is -0.326. The highest BCUT2D eigenvalue weighted by Gasteiger charge is 2.25. The van der Waals surface area contributed by atoms with E-state index in [0.29, 0.717) is 48.5 Å². The number of hydrogen-bond acceptors (Lipinski definition) is 7. The number of aromatic nitrogens is 1. The van der Waals surface area contributed by atoms with Gasteiger partial charge >= 0.3 is 0 Å². The van der Waals surface area contributed by atoms with Crippen LogP contribution in [0.25, 0.3) is 0 Å². The number of amides is 3. The van der Waals surface area contributed by atoms with Crippen LogP contribution < -0.4 is 20.4 Å². The van der Waals surface area contributed by atoms with Crippen LogP contribution in [0.4, 0.5) is 17.1 Å². The third-order valence-corrected chi connectivity index (χ3v) is 8.01. The molecular formula is C32H40N6O4. The number of nitrogens with zero attached hydrogens (tertiary/aromatic N) is 4. The first kappa shape index (κ1) is 29.2. The maximum Gasteiger partial charge on any atom is 0.260 e. The summed E-state index contributed by atoms with van der Waals surface area (Å²) in [6.45, 7) is 11.1. The molecule has 10 nitrogen and oxygen atoms in total. The highest BCUT2D eigenvalue weighted by atomic mass is 16.5. The second-order valence-electron chi connectivity index (χ2n) is 11.3. The summed E-state index contributed by atoms with van der Waals surface area (Å²) in [7, 11) is 0. The lowest BCUT2D eigenvalue weighted by molar-refractivity contribution is -0.127.